The predicted molar refractivity (Wildman–Crippen MR) is 127 cm³/mol. The summed E-state index contributed by atoms with van der Waals surface area (Å²) in [5.74, 6) is 0.568. The van der Waals surface area contributed by atoms with Gasteiger partial charge in [0.25, 0.3) is 0 Å². The van der Waals surface area contributed by atoms with Crippen LogP contribution in [0.1, 0.15) is 50.2 Å². The van der Waals surface area contributed by atoms with Crippen molar-refractivity contribution >= 4 is 23.2 Å². The summed E-state index contributed by atoms with van der Waals surface area (Å²) < 4.78 is 0. The van der Waals surface area contributed by atoms with Crippen LogP contribution in [0.15, 0.2) is 59.7 Å². The molecule has 1 N–H and O–H groups in total. The van der Waals surface area contributed by atoms with Crippen molar-refractivity contribution in [1.29, 1.82) is 0 Å². The molecule has 4 rings (SSSR count). The van der Waals surface area contributed by atoms with Gasteiger partial charge in [0.15, 0.2) is 0 Å². The number of hydrazone groups is 1. The van der Waals surface area contributed by atoms with Crippen LogP contribution in [-0.2, 0) is 16.1 Å². The first-order chi connectivity index (χ1) is 15.6. The van der Waals surface area contributed by atoms with Gasteiger partial charge >= 0.3 is 0 Å². The number of piperidine rings is 1. The summed E-state index contributed by atoms with van der Waals surface area (Å²) >= 11 is 0. The fourth-order valence-corrected chi connectivity index (χ4v) is 4.22. The Morgan fingerprint density at radius 1 is 0.969 bits per heavy atom. The Kier molecular flexibility index (Phi) is 7.32. The van der Waals surface area contributed by atoms with Crippen LogP contribution < -0.4 is 5.32 Å². The van der Waals surface area contributed by atoms with Gasteiger partial charge in [-0.3, -0.25) is 14.5 Å². The van der Waals surface area contributed by atoms with Gasteiger partial charge < -0.3 is 5.32 Å². The quantitative estimate of drug-likeness (QED) is 0.710. The van der Waals surface area contributed by atoms with Crippen molar-refractivity contribution in [3.05, 3.63) is 65.7 Å². The first kappa shape index (κ1) is 22.2. The van der Waals surface area contributed by atoms with Crippen LogP contribution in [-0.4, -0.2) is 47.1 Å². The van der Waals surface area contributed by atoms with Gasteiger partial charge in [0.05, 0.1) is 12.3 Å². The minimum atomic E-state index is -0.150. The van der Waals surface area contributed by atoms with Crippen LogP contribution in [0.25, 0.3) is 0 Å². The van der Waals surface area contributed by atoms with E-state index in [1.807, 2.05) is 42.5 Å². The van der Waals surface area contributed by atoms with Crippen molar-refractivity contribution in [1.82, 2.24) is 9.91 Å². The number of likely N-dealkylation sites (tertiary alicyclic amines) is 1. The van der Waals surface area contributed by atoms with Crippen LogP contribution >= 0.6 is 0 Å². The Labute approximate surface area is 190 Å². The summed E-state index contributed by atoms with van der Waals surface area (Å²) in [6, 6.07) is 17.9. The molecule has 2 aromatic rings. The number of hydrogen-bond acceptors (Lipinski definition) is 4. The Morgan fingerprint density at radius 3 is 2.41 bits per heavy atom. The van der Waals surface area contributed by atoms with E-state index < -0.39 is 0 Å². The fourth-order valence-electron chi connectivity index (χ4n) is 4.22. The summed E-state index contributed by atoms with van der Waals surface area (Å²) in [5, 5.41) is 8.84. The Bertz CT molecular complexity index is 948. The third-order valence-corrected chi connectivity index (χ3v) is 6.28. The molecule has 2 amide bonds. The molecule has 0 atom stereocenters. The monoisotopic (exact) mass is 432 g/mol. The molecule has 2 aromatic carbocycles. The van der Waals surface area contributed by atoms with E-state index in [4.69, 9.17) is 0 Å². The zero-order valence-electron chi connectivity index (χ0n) is 18.8. The van der Waals surface area contributed by atoms with Crippen LogP contribution in [0.3, 0.4) is 0 Å². The summed E-state index contributed by atoms with van der Waals surface area (Å²) in [5.41, 5.74) is 3.99. The zero-order chi connectivity index (χ0) is 22.3. The molecule has 32 heavy (non-hydrogen) atoms. The maximum absolute atomic E-state index is 12.5. The van der Waals surface area contributed by atoms with Crippen molar-refractivity contribution in [3.8, 4) is 0 Å². The third-order valence-electron chi connectivity index (χ3n) is 6.28. The second-order valence-electron chi connectivity index (χ2n) is 8.88. The van der Waals surface area contributed by atoms with Crippen molar-refractivity contribution in [2.45, 2.75) is 45.6 Å². The first-order valence-electron chi connectivity index (χ1n) is 11.6. The molecule has 1 saturated heterocycles. The maximum atomic E-state index is 12.5. The van der Waals surface area contributed by atoms with E-state index in [-0.39, 0.29) is 24.7 Å². The molecule has 2 aliphatic heterocycles. The molecule has 0 aromatic heterocycles. The van der Waals surface area contributed by atoms with Crippen LogP contribution in [0, 0.1) is 5.92 Å². The van der Waals surface area contributed by atoms with E-state index in [0.29, 0.717) is 6.54 Å². The SMILES string of the molecule is CC1CCN(Cc2ccc(NC(=O)CCC(=O)N3CCC(c4ccccc4)=N3)cc2)CC1. The molecule has 2 heterocycles. The maximum Gasteiger partial charge on any atom is 0.243 e. The number of nitrogens with one attached hydrogen (secondary N) is 1. The lowest BCUT2D eigenvalue weighted by molar-refractivity contribution is -0.132. The van der Waals surface area contributed by atoms with Gasteiger partial charge in [0.2, 0.25) is 11.8 Å². The lowest BCUT2D eigenvalue weighted by Gasteiger charge is -2.30. The van der Waals surface area contributed by atoms with Gasteiger partial charge in [-0.2, -0.15) is 5.10 Å². The molecule has 0 saturated carbocycles. The molecular weight excluding hydrogens is 400 g/mol. The summed E-state index contributed by atoms with van der Waals surface area (Å²) in [7, 11) is 0. The summed E-state index contributed by atoms with van der Waals surface area (Å²) in [6.07, 6.45) is 3.58. The normalized spacial score (nSPS) is 17.3. The number of nitrogens with zero attached hydrogens (tertiary/aromatic N) is 3. The van der Waals surface area contributed by atoms with Gasteiger partial charge in [0, 0.05) is 31.5 Å². The fraction of sp³-hybridized carbons (Fsp3) is 0.423. The number of carbonyl (C=O) groups is 2. The molecular formula is C26H32N4O2. The molecule has 0 aliphatic carbocycles. The summed E-state index contributed by atoms with van der Waals surface area (Å²) in [6.45, 7) is 6.16. The van der Waals surface area contributed by atoms with Crippen LogP contribution in [0.5, 0.6) is 0 Å². The number of anilines is 1. The second-order valence-corrected chi connectivity index (χ2v) is 8.88. The van der Waals surface area contributed by atoms with E-state index in [1.165, 1.54) is 23.4 Å². The highest BCUT2D eigenvalue weighted by Gasteiger charge is 2.22. The molecule has 0 unspecified atom stereocenters. The molecule has 0 radical (unpaired) electrons. The van der Waals surface area contributed by atoms with Gasteiger partial charge in [0.1, 0.15) is 0 Å². The molecule has 0 spiro atoms. The molecule has 0 bridgehead atoms. The van der Waals surface area contributed by atoms with E-state index in [1.54, 1.807) is 0 Å². The Balaban J connectivity index is 1.21. The van der Waals surface area contributed by atoms with Crippen molar-refractivity contribution in [2.24, 2.45) is 11.0 Å². The minimum Gasteiger partial charge on any atom is -0.326 e. The third kappa shape index (κ3) is 6.04. The Hall–Kier alpha value is -2.99. The van der Waals surface area contributed by atoms with Gasteiger partial charge in [-0.25, -0.2) is 5.01 Å². The van der Waals surface area contributed by atoms with Crippen molar-refractivity contribution < 1.29 is 9.59 Å². The smallest absolute Gasteiger partial charge is 0.243 e. The predicted octanol–water partition coefficient (Wildman–Crippen LogP) is 4.27. The molecule has 168 valence electrons. The standard InChI is InChI=1S/C26H32N4O2/c1-20-13-16-29(17-14-20)19-21-7-9-23(10-8-21)27-25(31)11-12-26(32)30-18-15-24(28-30)22-5-3-2-4-6-22/h2-10,20H,11-19H2,1H3,(H,27,31). The average molecular weight is 433 g/mol. The molecule has 6 heteroatoms. The highest BCUT2D eigenvalue weighted by molar-refractivity contribution is 6.02. The van der Waals surface area contributed by atoms with Gasteiger partial charge in [-0.05, 0) is 55.1 Å². The van der Waals surface area contributed by atoms with Crippen LogP contribution in [0.4, 0.5) is 5.69 Å². The number of amides is 2. The lowest BCUT2D eigenvalue weighted by Crippen LogP contribution is -2.32. The number of carbonyl (C=O) groups excluding carboxylic acids is 2. The van der Waals surface area contributed by atoms with Gasteiger partial charge in [-0.15, -0.1) is 0 Å². The Morgan fingerprint density at radius 2 is 1.69 bits per heavy atom. The number of hydrogen-bond donors (Lipinski definition) is 1. The average Bonchev–Trinajstić information content (AvgIpc) is 3.31. The van der Waals surface area contributed by atoms with Crippen LogP contribution in [0.2, 0.25) is 0 Å². The highest BCUT2D eigenvalue weighted by atomic mass is 16.2. The van der Waals surface area contributed by atoms with E-state index in [2.05, 4.69) is 34.4 Å². The second kappa shape index (κ2) is 10.6. The first-order valence-corrected chi connectivity index (χ1v) is 11.6. The number of benzene rings is 2. The number of rotatable bonds is 7. The van der Waals surface area contributed by atoms with E-state index >= 15 is 0 Å². The van der Waals surface area contributed by atoms with E-state index in [0.717, 1.165) is 48.9 Å². The van der Waals surface area contributed by atoms with Crippen molar-refractivity contribution in [3.63, 3.8) is 0 Å². The van der Waals surface area contributed by atoms with E-state index in [9.17, 15) is 9.59 Å². The minimum absolute atomic E-state index is 0.114. The molecule has 2 aliphatic rings. The highest BCUT2D eigenvalue weighted by Crippen LogP contribution is 2.19. The molecule has 6 nitrogen and oxygen atoms in total. The van der Waals surface area contributed by atoms with Gasteiger partial charge in [-0.1, -0.05) is 49.4 Å². The molecule has 1 fully saturated rings. The largest absolute Gasteiger partial charge is 0.326 e. The topological polar surface area (TPSA) is 65.0 Å². The zero-order valence-corrected chi connectivity index (χ0v) is 18.8. The lowest BCUT2D eigenvalue weighted by atomic mass is 9.99. The summed E-state index contributed by atoms with van der Waals surface area (Å²) in [4.78, 5) is 27.3. The van der Waals surface area contributed by atoms with Crippen molar-refractivity contribution in [2.75, 3.05) is 25.0 Å².